The SMILES string of the molecule is CCOC(=O)c1ccccc1-c1ccc(CC(OC(C)(C)C)(C(=O)O)C(=O)O)cc1. The predicted molar refractivity (Wildman–Crippen MR) is 110 cm³/mol. The van der Waals surface area contributed by atoms with E-state index in [4.69, 9.17) is 9.47 Å². The molecule has 0 amide bonds. The van der Waals surface area contributed by atoms with Crippen LogP contribution in [0.2, 0.25) is 0 Å². The number of ether oxygens (including phenoxy) is 2. The van der Waals surface area contributed by atoms with Crippen LogP contribution in [-0.4, -0.2) is 45.9 Å². The molecule has 0 atom stereocenters. The molecule has 160 valence electrons. The van der Waals surface area contributed by atoms with E-state index in [1.807, 2.05) is 0 Å². The summed E-state index contributed by atoms with van der Waals surface area (Å²) in [5, 5.41) is 19.3. The molecule has 0 bridgehead atoms. The molecular weight excluding hydrogens is 388 g/mol. The smallest absolute Gasteiger partial charge is 0.348 e. The van der Waals surface area contributed by atoms with Crippen LogP contribution in [0.5, 0.6) is 0 Å². The molecule has 0 saturated carbocycles. The van der Waals surface area contributed by atoms with Gasteiger partial charge in [0.25, 0.3) is 5.60 Å². The van der Waals surface area contributed by atoms with Crippen LogP contribution < -0.4 is 0 Å². The number of rotatable bonds is 8. The topological polar surface area (TPSA) is 110 Å². The Labute approximate surface area is 175 Å². The van der Waals surface area contributed by atoms with Gasteiger partial charge in [0, 0.05) is 6.42 Å². The molecule has 0 aliphatic rings. The zero-order chi connectivity index (χ0) is 22.5. The van der Waals surface area contributed by atoms with Crippen LogP contribution in [-0.2, 0) is 25.5 Å². The van der Waals surface area contributed by atoms with Crippen LogP contribution >= 0.6 is 0 Å². The third kappa shape index (κ3) is 5.24. The normalized spacial score (nSPS) is 11.7. The molecule has 2 rings (SSSR count). The van der Waals surface area contributed by atoms with E-state index in [0.29, 0.717) is 16.7 Å². The lowest BCUT2D eigenvalue weighted by atomic mass is 9.91. The predicted octanol–water partition coefficient (Wildman–Crippen LogP) is 3.80. The van der Waals surface area contributed by atoms with Crippen molar-refractivity contribution < 1.29 is 34.1 Å². The zero-order valence-electron chi connectivity index (χ0n) is 17.5. The van der Waals surface area contributed by atoms with Gasteiger partial charge in [0.05, 0.1) is 17.8 Å². The summed E-state index contributed by atoms with van der Waals surface area (Å²) in [6, 6.07) is 13.7. The molecule has 0 spiro atoms. The lowest BCUT2D eigenvalue weighted by Gasteiger charge is -2.33. The minimum absolute atomic E-state index is 0.256. The van der Waals surface area contributed by atoms with E-state index in [2.05, 4.69) is 0 Å². The maximum absolute atomic E-state index is 12.2. The number of hydrogen-bond donors (Lipinski definition) is 2. The number of carboxylic acids is 2. The maximum atomic E-state index is 12.2. The van der Waals surface area contributed by atoms with Crippen LogP contribution in [0.3, 0.4) is 0 Å². The van der Waals surface area contributed by atoms with Gasteiger partial charge in [0.1, 0.15) is 0 Å². The van der Waals surface area contributed by atoms with Crippen molar-refractivity contribution >= 4 is 17.9 Å². The van der Waals surface area contributed by atoms with Gasteiger partial charge in [0.15, 0.2) is 0 Å². The van der Waals surface area contributed by atoms with Gasteiger partial charge in [-0.2, -0.15) is 0 Å². The molecule has 7 heteroatoms. The monoisotopic (exact) mass is 414 g/mol. The quantitative estimate of drug-likeness (QED) is 0.499. The second-order valence-corrected chi connectivity index (χ2v) is 7.79. The van der Waals surface area contributed by atoms with Crippen LogP contribution in [0.1, 0.15) is 43.6 Å². The highest BCUT2D eigenvalue weighted by Gasteiger charge is 2.50. The van der Waals surface area contributed by atoms with Gasteiger partial charge < -0.3 is 19.7 Å². The maximum Gasteiger partial charge on any atom is 0.348 e. The standard InChI is InChI=1S/C23H26O7/c1-5-29-19(24)18-9-7-6-8-17(18)16-12-10-15(11-13-16)14-23(20(25)26,21(27)28)30-22(2,3)4/h6-13H,5,14H2,1-4H3,(H,25,26)(H,27,28). The van der Waals surface area contributed by atoms with Gasteiger partial charge in [-0.15, -0.1) is 0 Å². The van der Waals surface area contributed by atoms with E-state index in [1.165, 1.54) is 0 Å². The van der Waals surface area contributed by atoms with Crippen molar-refractivity contribution in [1.29, 1.82) is 0 Å². The van der Waals surface area contributed by atoms with Crippen molar-refractivity contribution in [2.45, 2.75) is 45.3 Å². The summed E-state index contributed by atoms with van der Waals surface area (Å²) < 4.78 is 10.6. The second kappa shape index (κ2) is 9.09. The Morgan fingerprint density at radius 1 is 0.900 bits per heavy atom. The number of aliphatic carboxylic acids is 2. The largest absolute Gasteiger partial charge is 0.479 e. The van der Waals surface area contributed by atoms with Crippen molar-refractivity contribution in [2.75, 3.05) is 6.61 Å². The van der Waals surface area contributed by atoms with Gasteiger partial charge in [-0.1, -0.05) is 42.5 Å². The van der Waals surface area contributed by atoms with Crippen LogP contribution in [0.15, 0.2) is 48.5 Å². The van der Waals surface area contributed by atoms with Gasteiger partial charge in [-0.3, -0.25) is 0 Å². The van der Waals surface area contributed by atoms with E-state index in [-0.39, 0.29) is 13.0 Å². The third-order valence-electron chi connectivity index (χ3n) is 4.31. The molecular formula is C23H26O7. The molecule has 0 aliphatic carbocycles. The fourth-order valence-corrected chi connectivity index (χ4v) is 3.10. The number of benzene rings is 2. The van der Waals surface area contributed by atoms with Gasteiger partial charge in [-0.25, -0.2) is 14.4 Å². The first-order chi connectivity index (χ1) is 14.0. The fourth-order valence-electron chi connectivity index (χ4n) is 3.10. The van der Waals surface area contributed by atoms with E-state index in [1.54, 1.807) is 76.2 Å². The van der Waals surface area contributed by atoms with Crippen molar-refractivity contribution in [3.8, 4) is 11.1 Å². The average Bonchev–Trinajstić information content (AvgIpc) is 2.67. The van der Waals surface area contributed by atoms with E-state index in [9.17, 15) is 24.6 Å². The molecule has 0 fully saturated rings. The van der Waals surface area contributed by atoms with Crippen LogP contribution in [0.4, 0.5) is 0 Å². The molecule has 0 unspecified atom stereocenters. The Bertz CT molecular complexity index is 909. The minimum Gasteiger partial charge on any atom is -0.479 e. The summed E-state index contributed by atoms with van der Waals surface area (Å²) in [4.78, 5) is 35.9. The van der Waals surface area contributed by atoms with Crippen molar-refractivity contribution in [2.24, 2.45) is 0 Å². The molecule has 2 aromatic rings. The highest BCUT2D eigenvalue weighted by molar-refractivity contribution is 6.02. The summed E-state index contributed by atoms with van der Waals surface area (Å²) in [7, 11) is 0. The molecule has 30 heavy (non-hydrogen) atoms. The summed E-state index contributed by atoms with van der Waals surface area (Å²) in [6.45, 7) is 6.79. The number of carboxylic acid groups (broad SMARTS) is 2. The lowest BCUT2D eigenvalue weighted by Crippen LogP contribution is -2.54. The Morgan fingerprint density at radius 2 is 1.47 bits per heavy atom. The molecule has 0 saturated heterocycles. The van der Waals surface area contributed by atoms with Crippen molar-refractivity contribution in [3.63, 3.8) is 0 Å². The van der Waals surface area contributed by atoms with Gasteiger partial charge >= 0.3 is 17.9 Å². The van der Waals surface area contributed by atoms with Crippen LogP contribution in [0, 0.1) is 0 Å². The first-order valence-electron chi connectivity index (χ1n) is 9.52. The Hall–Kier alpha value is -3.19. The second-order valence-electron chi connectivity index (χ2n) is 7.79. The van der Waals surface area contributed by atoms with Crippen LogP contribution in [0.25, 0.3) is 11.1 Å². The summed E-state index contributed by atoms with van der Waals surface area (Å²) in [6.07, 6.45) is -0.352. The van der Waals surface area contributed by atoms with E-state index >= 15 is 0 Å². The third-order valence-corrected chi connectivity index (χ3v) is 4.31. The fraction of sp³-hybridized carbons (Fsp3) is 0.348. The molecule has 0 heterocycles. The highest BCUT2D eigenvalue weighted by atomic mass is 16.6. The number of hydrogen-bond acceptors (Lipinski definition) is 5. The zero-order valence-corrected chi connectivity index (χ0v) is 17.5. The van der Waals surface area contributed by atoms with E-state index in [0.717, 1.165) is 5.56 Å². The average molecular weight is 414 g/mol. The lowest BCUT2D eigenvalue weighted by molar-refractivity contribution is -0.199. The summed E-state index contributed by atoms with van der Waals surface area (Å²) >= 11 is 0. The first-order valence-corrected chi connectivity index (χ1v) is 9.52. The molecule has 2 N–H and O–H groups in total. The van der Waals surface area contributed by atoms with E-state index < -0.39 is 29.1 Å². The van der Waals surface area contributed by atoms with Gasteiger partial charge in [-0.05, 0) is 50.5 Å². The molecule has 2 aromatic carbocycles. The summed E-state index contributed by atoms with van der Waals surface area (Å²) in [5.41, 5.74) is -1.13. The Kier molecular flexibility index (Phi) is 7.00. The first kappa shape index (κ1) is 23.1. The number of esters is 1. The van der Waals surface area contributed by atoms with Crippen molar-refractivity contribution in [3.05, 3.63) is 59.7 Å². The molecule has 0 aromatic heterocycles. The van der Waals surface area contributed by atoms with Crippen molar-refractivity contribution in [1.82, 2.24) is 0 Å². The molecule has 0 aliphatic heterocycles. The molecule has 7 nitrogen and oxygen atoms in total. The Balaban J connectivity index is 2.39. The minimum atomic E-state index is -2.41. The number of carbonyl (C=O) groups is 3. The molecule has 0 radical (unpaired) electrons. The number of carbonyl (C=O) groups excluding carboxylic acids is 1. The highest BCUT2D eigenvalue weighted by Crippen LogP contribution is 2.29. The Morgan fingerprint density at radius 3 is 1.97 bits per heavy atom. The summed E-state index contributed by atoms with van der Waals surface area (Å²) in [5.74, 6) is -3.57. The van der Waals surface area contributed by atoms with Gasteiger partial charge in [0.2, 0.25) is 0 Å².